The highest BCUT2D eigenvalue weighted by atomic mass is 32.2. The summed E-state index contributed by atoms with van der Waals surface area (Å²) in [6.07, 6.45) is 0.773. The highest BCUT2D eigenvalue weighted by Crippen LogP contribution is 2.36. The monoisotopic (exact) mass is 360 g/mol. The number of anilines is 1. The first-order valence-electron chi connectivity index (χ1n) is 8.06. The van der Waals surface area contributed by atoms with Crippen LogP contribution in [0.2, 0.25) is 0 Å². The first-order chi connectivity index (χ1) is 12.1. The maximum atomic E-state index is 12.2. The highest BCUT2D eigenvalue weighted by Gasteiger charge is 2.26. The van der Waals surface area contributed by atoms with Crippen molar-refractivity contribution in [1.82, 2.24) is 15.1 Å². The Kier molecular flexibility index (Phi) is 5.28. The van der Waals surface area contributed by atoms with Crippen molar-refractivity contribution in [3.63, 3.8) is 0 Å². The number of nitrogens with one attached hydrogen (secondary N) is 2. The van der Waals surface area contributed by atoms with E-state index in [4.69, 9.17) is 4.74 Å². The van der Waals surface area contributed by atoms with Crippen LogP contribution in [0.4, 0.5) is 5.82 Å². The molecule has 0 unspecified atom stereocenters. The van der Waals surface area contributed by atoms with Crippen molar-refractivity contribution in [2.24, 2.45) is 0 Å². The van der Waals surface area contributed by atoms with Crippen molar-refractivity contribution in [2.75, 3.05) is 19.0 Å². The summed E-state index contributed by atoms with van der Waals surface area (Å²) in [6.45, 7) is 2.40. The molecule has 1 aliphatic heterocycles. The molecule has 1 aromatic carbocycles. The zero-order valence-corrected chi connectivity index (χ0v) is 15.0. The van der Waals surface area contributed by atoms with E-state index >= 15 is 0 Å². The third-order valence-corrected chi connectivity index (χ3v) is 4.81. The molecule has 2 aromatic rings. The summed E-state index contributed by atoms with van der Waals surface area (Å²) in [5.41, 5.74) is 2.70. The fourth-order valence-electron chi connectivity index (χ4n) is 2.53. The van der Waals surface area contributed by atoms with Crippen molar-refractivity contribution in [1.29, 1.82) is 0 Å². The topological polar surface area (TPSA) is 85.3 Å². The number of rotatable bonds is 5. The van der Waals surface area contributed by atoms with Gasteiger partial charge in [0.2, 0.25) is 0 Å². The maximum Gasteiger partial charge on any atom is 0.314 e. The molecule has 3 rings (SSSR count). The Hall–Kier alpha value is -2.48. The fourth-order valence-corrected chi connectivity index (χ4v) is 3.57. The minimum atomic E-state index is -0.678. The molecule has 2 amide bonds. The average molecular weight is 360 g/mol. The zero-order valence-electron chi connectivity index (χ0n) is 14.2. The summed E-state index contributed by atoms with van der Waals surface area (Å²) in [6, 6.07) is 7.38. The molecule has 2 N–H and O–H groups in total. The number of fused-ring (bicyclic) bond motifs is 1. The lowest BCUT2D eigenvalue weighted by molar-refractivity contribution is -0.136. The molecule has 2 heterocycles. The van der Waals surface area contributed by atoms with Crippen LogP contribution in [0.25, 0.3) is 5.69 Å². The molecule has 1 aromatic heterocycles. The molecule has 0 saturated heterocycles. The van der Waals surface area contributed by atoms with Crippen LogP contribution in [-0.4, -0.2) is 35.2 Å². The number of carbonyl (C=O) groups excluding carboxylic acids is 2. The first kappa shape index (κ1) is 17.3. The Labute approximate surface area is 150 Å². The second-order valence-corrected chi connectivity index (χ2v) is 6.57. The molecule has 7 nitrogen and oxygen atoms in total. The number of aromatic nitrogens is 2. The van der Waals surface area contributed by atoms with Crippen LogP contribution in [0, 0.1) is 0 Å². The van der Waals surface area contributed by atoms with Gasteiger partial charge in [0, 0.05) is 23.6 Å². The minimum absolute atomic E-state index is 0.470. The van der Waals surface area contributed by atoms with Crippen LogP contribution in [0.15, 0.2) is 24.3 Å². The third-order valence-electron chi connectivity index (χ3n) is 3.84. The molecule has 0 fully saturated rings. The van der Waals surface area contributed by atoms with Gasteiger partial charge in [-0.25, -0.2) is 4.68 Å². The number of hydrogen-bond acceptors (Lipinski definition) is 5. The van der Waals surface area contributed by atoms with Crippen molar-refractivity contribution >= 4 is 29.4 Å². The smallest absolute Gasteiger partial charge is 0.314 e. The predicted molar refractivity (Wildman–Crippen MR) is 97.0 cm³/mol. The number of methoxy groups -OCH3 is 1. The second kappa shape index (κ2) is 7.60. The lowest BCUT2D eigenvalue weighted by Crippen LogP contribution is -2.36. The summed E-state index contributed by atoms with van der Waals surface area (Å²) in [7, 11) is 1.61. The van der Waals surface area contributed by atoms with Crippen LogP contribution in [-0.2, 0) is 21.1 Å². The van der Waals surface area contributed by atoms with Crippen molar-refractivity contribution in [3.8, 4) is 11.4 Å². The van der Waals surface area contributed by atoms with Gasteiger partial charge in [0.1, 0.15) is 11.6 Å². The SMILES string of the molecule is CCCNC(=O)C(=O)Nc1c2c(nn1-c1ccc(OC)cc1)CSC2. The van der Waals surface area contributed by atoms with E-state index in [1.807, 2.05) is 31.2 Å². The molecule has 25 heavy (non-hydrogen) atoms. The number of nitrogens with zero attached hydrogens (tertiary/aromatic N) is 2. The van der Waals surface area contributed by atoms with Crippen LogP contribution in [0.5, 0.6) is 5.75 Å². The predicted octanol–water partition coefficient (Wildman–Crippen LogP) is 2.09. The molecule has 0 bridgehead atoms. The standard InChI is InChI=1S/C17H20N4O3S/c1-3-8-18-16(22)17(23)19-15-13-9-25-10-14(13)20-21(15)11-4-6-12(24-2)7-5-11/h4-7H,3,8-10H2,1-2H3,(H,18,22)(H,19,23). The Balaban J connectivity index is 1.89. The molecule has 0 atom stereocenters. The molecular formula is C17H20N4O3S. The number of amides is 2. The maximum absolute atomic E-state index is 12.2. The first-order valence-corrected chi connectivity index (χ1v) is 9.21. The van der Waals surface area contributed by atoms with Gasteiger partial charge in [-0.1, -0.05) is 6.92 Å². The molecule has 8 heteroatoms. The number of hydrogen-bond donors (Lipinski definition) is 2. The van der Waals surface area contributed by atoms with Gasteiger partial charge in [-0.15, -0.1) is 0 Å². The van der Waals surface area contributed by atoms with E-state index in [1.54, 1.807) is 23.6 Å². The Morgan fingerprint density at radius 1 is 1.24 bits per heavy atom. The Morgan fingerprint density at radius 2 is 2.00 bits per heavy atom. The second-order valence-electron chi connectivity index (χ2n) is 5.59. The molecular weight excluding hydrogens is 340 g/mol. The van der Waals surface area contributed by atoms with E-state index < -0.39 is 11.8 Å². The average Bonchev–Trinajstić information content (AvgIpc) is 3.22. The molecule has 0 radical (unpaired) electrons. The summed E-state index contributed by atoms with van der Waals surface area (Å²) in [4.78, 5) is 24.1. The van der Waals surface area contributed by atoms with Crippen LogP contribution < -0.4 is 15.4 Å². The lowest BCUT2D eigenvalue weighted by atomic mass is 10.2. The van der Waals surface area contributed by atoms with Crippen LogP contribution in [0.3, 0.4) is 0 Å². The minimum Gasteiger partial charge on any atom is -0.497 e. The molecule has 132 valence electrons. The van der Waals surface area contributed by atoms with Gasteiger partial charge in [-0.2, -0.15) is 16.9 Å². The number of ether oxygens (including phenoxy) is 1. The normalized spacial score (nSPS) is 12.6. The summed E-state index contributed by atoms with van der Waals surface area (Å²) >= 11 is 1.74. The lowest BCUT2D eigenvalue weighted by Gasteiger charge is -2.11. The van der Waals surface area contributed by atoms with Crippen LogP contribution >= 0.6 is 11.8 Å². The van der Waals surface area contributed by atoms with Gasteiger partial charge >= 0.3 is 11.8 Å². The number of thioether (sulfide) groups is 1. The largest absolute Gasteiger partial charge is 0.497 e. The zero-order chi connectivity index (χ0) is 17.8. The van der Waals surface area contributed by atoms with Gasteiger partial charge < -0.3 is 15.4 Å². The van der Waals surface area contributed by atoms with Crippen LogP contribution in [0.1, 0.15) is 24.6 Å². The molecule has 0 spiro atoms. The highest BCUT2D eigenvalue weighted by molar-refractivity contribution is 7.98. The number of carbonyl (C=O) groups is 2. The summed E-state index contributed by atoms with van der Waals surface area (Å²) in [5.74, 6) is 1.54. The van der Waals surface area contributed by atoms with Gasteiger partial charge in [0.25, 0.3) is 0 Å². The number of benzene rings is 1. The van der Waals surface area contributed by atoms with Gasteiger partial charge in [-0.3, -0.25) is 9.59 Å². The van der Waals surface area contributed by atoms with E-state index in [9.17, 15) is 9.59 Å². The van der Waals surface area contributed by atoms with Gasteiger partial charge in [-0.05, 0) is 30.7 Å². The van der Waals surface area contributed by atoms with Crippen molar-refractivity contribution in [3.05, 3.63) is 35.5 Å². The van der Waals surface area contributed by atoms with E-state index in [0.717, 1.165) is 40.6 Å². The van der Waals surface area contributed by atoms with E-state index in [2.05, 4.69) is 15.7 Å². The quantitative estimate of drug-likeness (QED) is 0.798. The molecule has 0 saturated carbocycles. The van der Waals surface area contributed by atoms with E-state index in [1.165, 1.54) is 0 Å². The van der Waals surface area contributed by atoms with Crippen molar-refractivity contribution < 1.29 is 14.3 Å². The van der Waals surface area contributed by atoms with Gasteiger partial charge in [0.05, 0.1) is 18.5 Å². The fraction of sp³-hybridized carbons (Fsp3) is 0.353. The van der Waals surface area contributed by atoms with Crippen molar-refractivity contribution in [2.45, 2.75) is 24.9 Å². The van der Waals surface area contributed by atoms with E-state index in [-0.39, 0.29) is 0 Å². The molecule has 1 aliphatic rings. The summed E-state index contributed by atoms with van der Waals surface area (Å²) in [5, 5.41) is 9.92. The Morgan fingerprint density at radius 3 is 2.68 bits per heavy atom. The Bertz CT molecular complexity index is 786. The van der Waals surface area contributed by atoms with E-state index in [0.29, 0.717) is 12.4 Å². The third kappa shape index (κ3) is 3.63. The summed E-state index contributed by atoms with van der Waals surface area (Å²) < 4.78 is 6.85. The molecule has 0 aliphatic carbocycles. The van der Waals surface area contributed by atoms with Gasteiger partial charge in [0.15, 0.2) is 0 Å².